The van der Waals surface area contributed by atoms with Crippen LogP contribution in [0.1, 0.15) is 0 Å². The van der Waals surface area contributed by atoms with Gasteiger partial charge in [0.15, 0.2) is 0 Å². The monoisotopic (exact) mass is 685 g/mol. The van der Waals surface area contributed by atoms with Gasteiger partial charge in [-0.2, -0.15) is 0 Å². The summed E-state index contributed by atoms with van der Waals surface area (Å²) in [5, 5.41) is 8.29. The molecule has 0 unspecified atom stereocenters. The molecule has 1 aliphatic heterocycles. The average Bonchev–Trinajstić information content (AvgIpc) is 3.68. The number of anilines is 3. The lowest BCUT2D eigenvalue weighted by Crippen LogP contribution is -2.50. The quantitative estimate of drug-likeness (QED) is 0.163. The molecule has 0 bridgehead atoms. The molecular formula is C48H35NSSi. The Morgan fingerprint density at radius 1 is 0.471 bits per heavy atom. The van der Waals surface area contributed by atoms with Gasteiger partial charge in [0.05, 0.1) is 0 Å². The van der Waals surface area contributed by atoms with Crippen molar-refractivity contribution in [1.29, 1.82) is 0 Å². The summed E-state index contributed by atoms with van der Waals surface area (Å²) in [6, 6.07) is 65.1. The number of rotatable bonds is 5. The maximum Gasteiger partial charge on any atom is 0.116 e. The van der Waals surface area contributed by atoms with Gasteiger partial charge in [-0.1, -0.05) is 147 Å². The van der Waals surface area contributed by atoms with E-state index in [1.54, 1.807) is 0 Å². The number of hydrogen-bond acceptors (Lipinski definition) is 2. The van der Waals surface area contributed by atoms with Crippen LogP contribution in [-0.4, -0.2) is 8.07 Å². The molecule has 3 heteroatoms. The van der Waals surface area contributed by atoms with Gasteiger partial charge in [-0.15, -0.1) is 11.3 Å². The maximum absolute atomic E-state index is 2.54. The van der Waals surface area contributed by atoms with Gasteiger partial charge < -0.3 is 4.90 Å². The van der Waals surface area contributed by atoms with Crippen molar-refractivity contribution in [3.8, 4) is 33.4 Å². The Labute approximate surface area is 303 Å². The second-order valence-corrected chi connectivity index (χ2v) is 19.5. The second kappa shape index (κ2) is 11.7. The van der Waals surface area contributed by atoms with E-state index in [2.05, 4.69) is 194 Å². The minimum Gasteiger partial charge on any atom is -0.311 e. The van der Waals surface area contributed by atoms with E-state index in [9.17, 15) is 0 Å². The molecule has 0 amide bonds. The number of thiophene rings is 1. The van der Waals surface area contributed by atoms with Crippen LogP contribution in [0, 0.1) is 0 Å². The zero-order valence-corrected chi connectivity index (χ0v) is 30.4. The van der Waals surface area contributed by atoms with E-state index in [1.807, 2.05) is 11.3 Å². The summed E-state index contributed by atoms with van der Waals surface area (Å²) in [4.78, 5) is 2.51. The van der Waals surface area contributed by atoms with Crippen LogP contribution in [-0.2, 0) is 0 Å². The molecule has 0 spiro atoms. The van der Waals surface area contributed by atoms with Crippen molar-refractivity contribution in [2.75, 3.05) is 4.90 Å². The van der Waals surface area contributed by atoms with Gasteiger partial charge in [-0.25, -0.2) is 0 Å². The average molecular weight is 686 g/mol. The third-order valence-electron chi connectivity index (χ3n) is 10.8. The summed E-state index contributed by atoms with van der Waals surface area (Å²) in [7, 11) is -2.13. The maximum atomic E-state index is 2.54. The van der Waals surface area contributed by atoms with E-state index < -0.39 is 8.07 Å². The Bertz CT molecular complexity index is 2780. The molecule has 0 atom stereocenters. The van der Waals surface area contributed by atoms with Crippen LogP contribution in [0.2, 0.25) is 13.1 Å². The van der Waals surface area contributed by atoms with Crippen LogP contribution in [0.5, 0.6) is 0 Å². The lowest BCUT2D eigenvalue weighted by Gasteiger charge is -2.31. The van der Waals surface area contributed by atoms with E-state index in [4.69, 9.17) is 0 Å². The Kier molecular flexibility index (Phi) is 6.89. The van der Waals surface area contributed by atoms with Crippen molar-refractivity contribution in [2.45, 2.75) is 13.1 Å². The Hall–Kier alpha value is -5.74. The van der Waals surface area contributed by atoms with Crippen molar-refractivity contribution in [3.63, 3.8) is 0 Å². The molecule has 10 rings (SSSR count). The highest BCUT2D eigenvalue weighted by molar-refractivity contribution is 7.26. The van der Waals surface area contributed by atoms with E-state index in [0.29, 0.717) is 0 Å². The van der Waals surface area contributed by atoms with Crippen molar-refractivity contribution in [3.05, 3.63) is 176 Å². The zero-order chi connectivity index (χ0) is 34.1. The minimum absolute atomic E-state index is 1.16. The first kappa shape index (κ1) is 30.1. The summed E-state index contributed by atoms with van der Waals surface area (Å²) in [6.45, 7) is 5.09. The summed E-state index contributed by atoms with van der Waals surface area (Å²) in [5.74, 6) is 0. The number of hydrogen-bond donors (Lipinski definition) is 0. The van der Waals surface area contributed by atoms with E-state index in [1.165, 1.54) is 80.4 Å². The van der Waals surface area contributed by atoms with Gasteiger partial charge in [0, 0.05) is 37.2 Å². The van der Waals surface area contributed by atoms with Gasteiger partial charge in [0.25, 0.3) is 0 Å². The highest BCUT2D eigenvalue weighted by atomic mass is 32.1. The fraction of sp³-hybridized carbons (Fsp3) is 0.0417. The molecule has 0 radical (unpaired) electrons. The summed E-state index contributed by atoms with van der Waals surface area (Å²) in [5.41, 5.74) is 11.3. The smallest absolute Gasteiger partial charge is 0.116 e. The molecule has 51 heavy (non-hydrogen) atoms. The molecule has 1 aliphatic rings. The standard InChI is InChI=1S/C48H35NSSi/c1-51(2)45-29-28-41-40-18-8-9-21-44(40)50-47(41)46(45)42-19-11-20-43(48(42)51)49(38-26-24-34(25-27-38)32-12-4-3-5-13-32)39-17-10-16-36(31-39)37-23-22-33-14-6-7-15-35(33)30-37/h3-31H,1-2H3. The predicted molar refractivity (Wildman–Crippen MR) is 225 cm³/mol. The lowest BCUT2D eigenvalue weighted by molar-refractivity contribution is 1.29. The molecule has 0 saturated carbocycles. The van der Waals surface area contributed by atoms with Gasteiger partial charge in [0.2, 0.25) is 0 Å². The third-order valence-corrected chi connectivity index (χ3v) is 15.6. The van der Waals surface area contributed by atoms with Crippen molar-refractivity contribution >= 4 is 77.8 Å². The highest BCUT2D eigenvalue weighted by Gasteiger charge is 2.42. The zero-order valence-electron chi connectivity index (χ0n) is 28.6. The molecule has 2 heterocycles. The van der Waals surface area contributed by atoms with Crippen LogP contribution in [0.25, 0.3) is 64.3 Å². The molecule has 242 valence electrons. The highest BCUT2D eigenvalue weighted by Crippen LogP contribution is 2.45. The van der Waals surface area contributed by atoms with Gasteiger partial charge in [0.1, 0.15) is 8.07 Å². The molecule has 0 aliphatic carbocycles. The Balaban J connectivity index is 1.19. The Morgan fingerprint density at radius 2 is 1.16 bits per heavy atom. The van der Waals surface area contributed by atoms with E-state index in [0.717, 1.165) is 11.4 Å². The second-order valence-electron chi connectivity index (χ2n) is 14.1. The van der Waals surface area contributed by atoms with Crippen LogP contribution in [0.3, 0.4) is 0 Å². The first-order chi connectivity index (χ1) is 25.0. The first-order valence-corrected chi connectivity index (χ1v) is 21.5. The van der Waals surface area contributed by atoms with Crippen molar-refractivity contribution in [1.82, 2.24) is 0 Å². The van der Waals surface area contributed by atoms with Gasteiger partial charge in [-0.3, -0.25) is 0 Å². The Morgan fingerprint density at radius 3 is 2.02 bits per heavy atom. The number of fused-ring (bicyclic) bond motifs is 8. The fourth-order valence-corrected chi connectivity index (χ4v) is 13.1. The summed E-state index contributed by atoms with van der Waals surface area (Å²) >= 11 is 1.95. The molecule has 0 N–H and O–H groups in total. The topological polar surface area (TPSA) is 3.24 Å². The van der Waals surface area contributed by atoms with Gasteiger partial charge in [-0.05, 0) is 97.0 Å². The molecule has 9 aromatic rings. The SMILES string of the molecule is C[Si]1(C)c2ccc3c(sc4ccccc43)c2-c2cccc(N(c3ccc(-c4ccccc4)cc3)c3cccc(-c4ccc5ccccc5c4)c3)c21. The molecule has 1 aromatic heterocycles. The van der Waals surface area contributed by atoms with Crippen LogP contribution < -0.4 is 15.3 Å². The van der Waals surface area contributed by atoms with Crippen LogP contribution in [0.4, 0.5) is 17.1 Å². The normalized spacial score (nSPS) is 13.1. The molecule has 0 saturated heterocycles. The van der Waals surface area contributed by atoms with Crippen molar-refractivity contribution < 1.29 is 0 Å². The predicted octanol–water partition coefficient (Wildman–Crippen LogP) is 12.8. The number of benzene rings is 8. The third kappa shape index (κ3) is 4.80. The summed E-state index contributed by atoms with van der Waals surface area (Å²) < 4.78 is 2.78. The fourth-order valence-electron chi connectivity index (χ4n) is 8.36. The van der Waals surface area contributed by atoms with Crippen molar-refractivity contribution in [2.24, 2.45) is 0 Å². The lowest BCUT2D eigenvalue weighted by atomic mass is 9.99. The van der Waals surface area contributed by atoms with Crippen LogP contribution in [0.15, 0.2) is 176 Å². The first-order valence-electron chi connectivity index (χ1n) is 17.7. The van der Waals surface area contributed by atoms with E-state index >= 15 is 0 Å². The largest absolute Gasteiger partial charge is 0.311 e. The van der Waals surface area contributed by atoms with Gasteiger partial charge >= 0.3 is 0 Å². The molecule has 0 fully saturated rings. The van der Waals surface area contributed by atoms with Crippen LogP contribution >= 0.6 is 11.3 Å². The van der Waals surface area contributed by atoms with E-state index in [-0.39, 0.29) is 0 Å². The molecule has 1 nitrogen and oxygen atoms in total. The molecule has 8 aromatic carbocycles. The summed E-state index contributed by atoms with van der Waals surface area (Å²) in [6.07, 6.45) is 0. The minimum atomic E-state index is -2.13. The number of nitrogens with zero attached hydrogens (tertiary/aromatic N) is 1. The molecular weight excluding hydrogens is 651 g/mol.